The first-order chi connectivity index (χ1) is 10.2. The smallest absolute Gasteiger partial charge is 0.0965 e. The fourth-order valence-electron chi connectivity index (χ4n) is 5.02. The zero-order valence-electron chi connectivity index (χ0n) is 12.8. The number of fused-ring (bicyclic) bond motifs is 1. The number of hydrogen-bond donors (Lipinski definition) is 0. The van der Waals surface area contributed by atoms with Crippen molar-refractivity contribution in [3.05, 3.63) is 29.3 Å². The highest BCUT2D eigenvalue weighted by atomic mass is 35.5. The van der Waals surface area contributed by atoms with Gasteiger partial charge in [-0.3, -0.25) is 0 Å². The van der Waals surface area contributed by atoms with E-state index in [0.717, 1.165) is 16.9 Å². The van der Waals surface area contributed by atoms with Crippen molar-refractivity contribution in [1.82, 2.24) is 0 Å². The van der Waals surface area contributed by atoms with Crippen molar-refractivity contribution >= 4 is 17.3 Å². The third-order valence-corrected chi connectivity index (χ3v) is 6.41. The molecule has 1 aromatic carbocycles. The van der Waals surface area contributed by atoms with Crippen LogP contribution < -0.4 is 4.90 Å². The van der Waals surface area contributed by atoms with Gasteiger partial charge in [0.05, 0.1) is 39.3 Å². The van der Waals surface area contributed by atoms with Crippen LogP contribution in [0.4, 0.5) is 5.69 Å². The summed E-state index contributed by atoms with van der Waals surface area (Å²) in [4.78, 5) is 2.53. The summed E-state index contributed by atoms with van der Waals surface area (Å²) >= 11 is 6.14. The normalized spacial score (nSPS) is 31.4. The highest BCUT2D eigenvalue weighted by molar-refractivity contribution is 6.30. The van der Waals surface area contributed by atoms with Gasteiger partial charge in [0.2, 0.25) is 0 Å². The molecule has 1 spiro atoms. The molecule has 0 radical (unpaired) electrons. The lowest BCUT2D eigenvalue weighted by atomic mass is 9.82. The van der Waals surface area contributed by atoms with Crippen LogP contribution in [0.3, 0.4) is 0 Å². The number of anilines is 1. The van der Waals surface area contributed by atoms with E-state index in [2.05, 4.69) is 23.1 Å². The lowest BCUT2D eigenvalue weighted by molar-refractivity contribution is -0.919. The molecule has 2 nitrogen and oxygen atoms in total. The maximum atomic E-state index is 6.14. The first-order valence-corrected chi connectivity index (χ1v) is 8.98. The molecular weight excluding hydrogens is 280 g/mol. The Labute approximate surface area is 133 Å². The third kappa shape index (κ3) is 2.68. The minimum absolute atomic E-state index is 0.856. The Kier molecular flexibility index (Phi) is 3.63. The topological polar surface area (TPSA) is 3.24 Å². The van der Waals surface area contributed by atoms with E-state index < -0.39 is 0 Å². The van der Waals surface area contributed by atoms with E-state index in [1.54, 1.807) is 0 Å². The van der Waals surface area contributed by atoms with Crippen LogP contribution in [-0.2, 0) is 0 Å². The highest BCUT2D eigenvalue weighted by Crippen LogP contribution is 2.40. The summed E-state index contributed by atoms with van der Waals surface area (Å²) in [5.41, 5.74) is 1.30. The second kappa shape index (κ2) is 5.48. The van der Waals surface area contributed by atoms with E-state index in [4.69, 9.17) is 11.6 Å². The second-order valence-corrected chi connectivity index (χ2v) is 7.86. The van der Waals surface area contributed by atoms with Gasteiger partial charge in [-0.15, -0.1) is 0 Å². The number of rotatable bonds is 1. The quantitative estimate of drug-likeness (QED) is 0.713. The Hall–Kier alpha value is -0.730. The van der Waals surface area contributed by atoms with E-state index in [-0.39, 0.29) is 0 Å². The maximum Gasteiger partial charge on any atom is 0.0965 e. The van der Waals surface area contributed by atoms with Crippen LogP contribution in [0.1, 0.15) is 25.7 Å². The Bertz CT molecular complexity index is 492. The Balaban J connectivity index is 1.43. The molecule has 3 aliphatic rings. The molecule has 0 aromatic heterocycles. The van der Waals surface area contributed by atoms with E-state index in [1.807, 2.05) is 6.07 Å². The minimum atomic E-state index is 0.856. The summed E-state index contributed by atoms with van der Waals surface area (Å²) in [5.74, 6) is 2.08. The van der Waals surface area contributed by atoms with Crippen LogP contribution in [0, 0.1) is 11.8 Å². The fraction of sp³-hybridized carbons (Fsp3) is 0.667. The molecule has 1 aliphatic carbocycles. The molecule has 21 heavy (non-hydrogen) atoms. The first-order valence-electron chi connectivity index (χ1n) is 8.60. The van der Waals surface area contributed by atoms with Crippen molar-refractivity contribution < 1.29 is 4.48 Å². The maximum absolute atomic E-state index is 6.14. The van der Waals surface area contributed by atoms with E-state index >= 15 is 0 Å². The van der Waals surface area contributed by atoms with Gasteiger partial charge in [-0.2, -0.15) is 0 Å². The molecule has 2 atom stereocenters. The number of nitrogens with zero attached hydrogens (tertiary/aromatic N) is 2. The molecule has 4 rings (SSSR count). The molecule has 1 aromatic rings. The molecule has 0 amide bonds. The lowest BCUT2D eigenvalue weighted by Crippen LogP contribution is -2.58. The average molecular weight is 306 g/mol. The van der Waals surface area contributed by atoms with Gasteiger partial charge in [0.25, 0.3) is 0 Å². The van der Waals surface area contributed by atoms with Crippen molar-refractivity contribution in [3.8, 4) is 0 Å². The zero-order valence-corrected chi connectivity index (χ0v) is 13.6. The van der Waals surface area contributed by atoms with Crippen LogP contribution in [0.2, 0.25) is 5.02 Å². The fourth-order valence-corrected chi connectivity index (χ4v) is 5.20. The monoisotopic (exact) mass is 305 g/mol. The van der Waals surface area contributed by atoms with Gasteiger partial charge < -0.3 is 9.38 Å². The van der Waals surface area contributed by atoms with Gasteiger partial charge in [-0.05, 0) is 31.0 Å². The summed E-state index contributed by atoms with van der Waals surface area (Å²) in [6.45, 7) is 7.99. The van der Waals surface area contributed by atoms with Crippen LogP contribution in [0.5, 0.6) is 0 Å². The lowest BCUT2D eigenvalue weighted by Gasteiger charge is -2.43. The van der Waals surface area contributed by atoms with Crippen molar-refractivity contribution in [2.24, 2.45) is 11.8 Å². The highest BCUT2D eigenvalue weighted by Gasteiger charge is 2.47. The Morgan fingerprint density at radius 3 is 2.29 bits per heavy atom. The number of piperazine rings is 1. The Morgan fingerprint density at radius 1 is 1.00 bits per heavy atom. The molecule has 114 valence electrons. The summed E-state index contributed by atoms with van der Waals surface area (Å²) in [6.07, 6.45) is 5.97. The van der Waals surface area contributed by atoms with Crippen molar-refractivity contribution in [3.63, 3.8) is 0 Å². The van der Waals surface area contributed by atoms with Crippen molar-refractivity contribution in [2.75, 3.05) is 44.2 Å². The molecule has 0 N–H and O–H groups in total. The number of halogens is 1. The van der Waals surface area contributed by atoms with Crippen LogP contribution in [-0.4, -0.2) is 43.8 Å². The second-order valence-electron chi connectivity index (χ2n) is 7.43. The molecule has 3 heteroatoms. The molecule has 2 saturated heterocycles. The van der Waals surface area contributed by atoms with E-state index in [9.17, 15) is 0 Å². The van der Waals surface area contributed by atoms with Gasteiger partial charge in [-0.1, -0.05) is 30.5 Å². The minimum Gasteiger partial charge on any atom is -0.360 e. The predicted octanol–water partition coefficient (Wildman–Crippen LogP) is 3.80. The molecule has 0 bridgehead atoms. The Morgan fingerprint density at radius 2 is 1.67 bits per heavy atom. The third-order valence-electron chi connectivity index (χ3n) is 6.17. The van der Waals surface area contributed by atoms with Crippen molar-refractivity contribution in [1.29, 1.82) is 0 Å². The van der Waals surface area contributed by atoms with Gasteiger partial charge >= 0.3 is 0 Å². The zero-order chi connectivity index (χ0) is 14.3. The standard InChI is InChI=1S/C18H26ClN2/c19-17-6-3-7-18(12-17)20-8-10-21(11-9-20)13-15-4-1-2-5-16(15)14-21/h3,6-7,12,15-16H,1-2,4-5,8-11,13-14H2/q+1. The van der Waals surface area contributed by atoms with E-state index in [0.29, 0.717) is 0 Å². The van der Waals surface area contributed by atoms with Gasteiger partial charge in [0.1, 0.15) is 0 Å². The van der Waals surface area contributed by atoms with Crippen LogP contribution in [0.15, 0.2) is 24.3 Å². The van der Waals surface area contributed by atoms with Crippen LogP contribution >= 0.6 is 11.6 Å². The molecule has 2 unspecified atom stereocenters. The predicted molar refractivity (Wildman–Crippen MR) is 88.8 cm³/mol. The molecule has 1 saturated carbocycles. The summed E-state index contributed by atoms with van der Waals surface area (Å²) in [5, 5.41) is 0.856. The molecule has 3 fully saturated rings. The average Bonchev–Trinajstić information content (AvgIpc) is 2.85. The van der Waals surface area contributed by atoms with Gasteiger partial charge in [-0.25, -0.2) is 0 Å². The summed E-state index contributed by atoms with van der Waals surface area (Å²) < 4.78 is 1.41. The van der Waals surface area contributed by atoms with Gasteiger partial charge in [0, 0.05) is 22.5 Å². The molecule has 2 aliphatic heterocycles. The van der Waals surface area contributed by atoms with Gasteiger partial charge in [0.15, 0.2) is 0 Å². The van der Waals surface area contributed by atoms with Crippen LogP contribution in [0.25, 0.3) is 0 Å². The first kappa shape index (κ1) is 13.9. The number of benzene rings is 1. The summed E-state index contributed by atoms with van der Waals surface area (Å²) in [7, 11) is 0. The number of quaternary nitrogens is 1. The largest absolute Gasteiger partial charge is 0.360 e. The number of hydrogen-bond acceptors (Lipinski definition) is 1. The van der Waals surface area contributed by atoms with E-state index in [1.165, 1.54) is 75.1 Å². The summed E-state index contributed by atoms with van der Waals surface area (Å²) in [6, 6.07) is 8.35. The molecule has 2 heterocycles. The SMILES string of the molecule is Clc1cccc(N2CC[N+]3(CC2)CC2CCCCC2C3)c1. The molecular formula is C18H26ClN2+. The van der Waals surface area contributed by atoms with Crippen molar-refractivity contribution in [2.45, 2.75) is 25.7 Å².